The van der Waals surface area contributed by atoms with Gasteiger partial charge in [0.05, 0.1) is 15.8 Å². The van der Waals surface area contributed by atoms with Crippen molar-refractivity contribution in [3.05, 3.63) is 39.6 Å². The number of hydrogen-bond acceptors (Lipinski definition) is 5. The van der Waals surface area contributed by atoms with Crippen LogP contribution < -0.4 is 11.3 Å². The zero-order valence-electron chi connectivity index (χ0n) is 11.0. The number of H-pyrrole nitrogens is 1. The Morgan fingerprint density at radius 2 is 2.30 bits per heavy atom. The molecule has 0 radical (unpaired) electrons. The minimum absolute atomic E-state index is 0.166. The van der Waals surface area contributed by atoms with Crippen LogP contribution in [0.3, 0.4) is 0 Å². The third-order valence-corrected chi connectivity index (χ3v) is 3.98. The lowest BCUT2D eigenvalue weighted by Gasteiger charge is -2.06. The van der Waals surface area contributed by atoms with Gasteiger partial charge in [0.25, 0.3) is 5.56 Å². The molecule has 0 aliphatic rings. The van der Waals surface area contributed by atoms with Gasteiger partial charge in [-0.2, -0.15) is 0 Å². The van der Waals surface area contributed by atoms with Crippen LogP contribution in [-0.2, 0) is 6.42 Å². The van der Waals surface area contributed by atoms with Gasteiger partial charge in [-0.15, -0.1) is 11.3 Å². The van der Waals surface area contributed by atoms with Crippen molar-refractivity contribution in [3.8, 4) is 11.4 Å². The lowest BCUT2D eigenvalue weighted by molar-refractivity contribution is 0.892. The third kappa shape index (κ3) is 2.18. The van der Waals surface area contributed by atoms with Crippen LogP contribution in [-0.4, -0.2) is 15.0 Å². The SMILES string of the molecule is CCCc1c(N)nc(-c2cnc3ccsc3c2)[nH]c1=O. The van der Waals surface area contributed by atoms with E-state index in [2.05, 4.69) is 15.0 Å². The van der Waals surface area contributed by atoms with Crippen LogP contribution in [0.2, 0.25) is 0 Å². The molecule has 3 N–H and O–H groups in total. The molecule has 0 aliphatic heterocycles. The Hall–Kier alpha value is -2.21. The molecular formula is C14H14N4OS. The van der Waals surface area contributed by atoms with Gasteiger partial charge in [0.2, 0.25) is 0 Å². The molecule has 0 amide bonds. The molecule has 3 rings (SSSR count). The summed E-state index contributed by atoms with van der Waals surface area (Å²) in [4.78, 5) is 23.5. The highest BCUT2D eigenvalue weighted by Crippen LogP contribution is 2.24. The maximum atomic E-state index is 12.0. The zero-order valence-corrected chi connectivity index (χ0v) is 11.8. The van der Waals surface area contributed by atoms with Gasteiger partial charge >= 0.3 is 0 Å². The van der Waals surface area contributed by atoms with E-state index in [1.54, 1.807) is 17.5 Å². The number of fused-ring (bicyclic) bond motifs is 1. The summed E-state index contributed by atoms with van der Waals surface area (Å²) >= 11 is 1.60. The molecule has 20 heavy (non-hydrogen) atoms. The summed E-state index contributed by atoms with van der Waals surface area (Å²) in [6.07, 6.45) is 3.19. The number of nitrogens with two attached hydrogens (primary N) is 1. The molecule has 0 aliphatic carbocycles. The number of nitrogens with zero attached hydrogens (tertiary/aromatic N) is 2. The Balaban J connectivity index is 2.11. The molecule has 0 saturated carbocycles. The first-order valence-corrected chi connectivity index (χ1v) is 7.29. The van der Waals surface area contributed by atoms with Gasteiger partial charge in [0.1, 0.15) is 11.6 Å². The van der Waals surface area contributed by atoms with Crippen molar-refractivity contribution >= 4 is 27.4 Å². The Bertz CT molecular complexity index is 821. The van der Waals surface area contributed by atoms with Gasteiger partial charge in [-0.25, -0.2) is 4.98 Å². The van der Waals surface area contributed by atoms with Crippen molar-refractivity contribution in [1.29, 1.82) is 0 Å². The number of hydrogen-bond donors (Lipinski definition) is 2. The maximum Gasteiger partial charge on any atom is 0.256 e. The minimum atomic E-state index is -0.166. The van der Waals surface area contributed by atoms with E-state index < -0.39 is 0 Å². The lowest BCUT2D eigenvalue weighted by Crippen LogP contribution is -2.18. The summed E-state index contributed by atoms with van der Waals surface area (Å²) in [5, 5.41) is 1.98. The summed E-state index contributed by atoms with van der Waals surface area (Å²) in [7, 11) is 0. The molecule has 6 heteroatoms. The summed E-state index contributed by atoms with van der Waals surface area (Å²) in [5.74, 6) is 0.770. The van der Waals surface area contributed by atoms with E-state index in [4.69, 9.17) is 5.73 Å². The number of anilines is 1. The maximum absolute atomic E-state index is 12.0. The van der Waals surface area contributed by atoms with Crippen LogP contribution in [0.5, 0.6) is 0 Å². The van der Waals surface area contributed by atoms with Gasteiger partial charge in [0.15, 0.2) is 0 Å². The van der Waals surface area contributed by atoms with Crippen LogP contribution in [0.1, 0.15) is 18.9 Å². The highest BCUT2D eigenvalue weighted by Gasteiger charge is 2.10. The van der Waals surface area contributed by atoms with E-state index >= 15 is 0 Å². The van der Waals surface area contributed by atoms with Gasteiger partial charge in [-0.3, -0.25) is 9.78 Å². The number of nitrogens with one attached hydrogen (secondary N) is 1. The quantitative estimate of drug-likeness (QED) is 0.775. The lowest BCUT2D eigenvalue weighted by atomic mass is 10.1. The number of aromatic nitrogens is 3. The van der Waals surface area contributed by atoms with Crippen molar-refractivity contribution in [1.82, 2.24) is 15.0 Å². The molecule has 3 aromatic rings. The summed E-state index contributed by atoms with van der Waals surface area (Å²) in [5.41, 5.74) is 7.99. The summed E-state index contributed by atoms with van der Waals surface area (Å²) in [6.45, 7) is 2.00. The molecule has 5 nitrogen and oxygen atoms in total. The Kier molecular flexibility index (Phi) is 3.23. The van der Waals surface area contributed by atoms with E-state index in [-0.39, 0.29) is 5.56 Å². The highest BCUT2D eigenvalue weighted by atomic mass is 32.1. The Morgan fingerprint density at radius 3 is 3.05 bits per heavy atom. The fourth-order valence-corrected chi connectivity index (χ4v) is 2.90. The Labute approximate surface area is 119 Å². The van der Waals surface area contributed by atoms with Crippen molar-refractivity contribution in [2.75, 3.05) is 5.73 Å². The predicted molar refractivity (Wildman–Crippen MR) is 81.9 cm³/mol. The number of thiophene rings is 1. The van der Waals surface area contributed by atoms with Gasteiger partial charge in [0, 0.05) is 11.8 Å². The molecule has 0 unspecified atom stereocenters. The van der Waals surface area contributed by atoms with Gasteiger partial charge < -0.3 is 10.7 Å². The first-order valence-electron chi connectivity index (χ1n) is 6.41. The van der Waals surface area contributed by atoms with Crippen molar-refractivity contribution in [2.24, 2.45) is 0 Å². The number of rotatable bonds is 3. The average Bonchev–Trinajstić information content (AvgIpc) is 2.90. The monoisotopic (exact) mass is 286 g/mol. The second-order valence-corrected chi connectivity index (χ2v) is 5.50. The molecule has 3 aromatic heterocycles. The average molecular weight is 286 g/mol. The smallest absolute Gasteiger partial charge is 0.256 e. The fourth-order valence-electron chi connectivity index (χ4n) is 2.12. The first kappa shape index (κ1) is 12.8. The molecule has 0 spiro atoms. The van der Waals surface area contributed by atoms with E-state index in [0.717, 1.165) is 22.2 Å². The molecule has 0 saturated heterocycles. The summed E-state index contributed by atoms with van der Waals surface area (Å²) in [6, 6.07) is 3.92. The largest absolute Gasteiger partial charge is 0.383 e. The molecule has 102 valence electrons. The molecule has 0 aromatic carbocycles. The van der Waals surface area contributed by atoms with Gasteiger partial charge in [-0.1, -0.05) is 13.3 Å². The van der Waals surface area contributed by atoms with Crippen LogP contribution in [0.25, 0.3) is 21.6 Å². The first-order chi connectivity index (χ1) is 9.69. The topological polar surface area (TPSA) is 84.7 Å². The molecule has 0 bridgehead atoms. The second-order valence-electron chi connectivity index (χ2n) is 4.56. The standard InChI is InChI=1S/C14H14N4OS/c1-2-3-9-12(15)17-13(18-14(9)19)8-6-11-10(16-7-8)4-5-20-11/h4-7H,2-3H2,1H3,(H3,15,17,18,19). The van der Waals surface area contributed by atoms with Crippen LogP contribution in [0.4, 0.5) is 5.82 Å². The van der Waals surface area contributed by atoms with E-state index in [9.17, 15) is 4.79 Å². The minimum Gasteiger partial charge on any atom is -0.383 e. The van der Waals surface area contributed by atoms with E-state index in [1.165, 1.54) is 0 Å². The normalized spacial score (nSPS) is 11.1. The van der Waals surface area contributed by atoms with Crippen LogP contribution in [0.15, 0.2) is 28.5 Å². The van der Waals surface area contributed by atoms with Crippen LogP contribution >= 0.6 is 11.3 Å². The van der Waals surface area contributed by atoms with E-state index in [0.29, 0.717) is 23.6 Å². The third-order valence-electron chi connectivity index (χ3n) is 3.12. The molecular weight excluding hydrogens is 272 g/mol. The van der Waals surface area contributed by atoms with Crippen molar-refractivity contribution in [2.45, 2.75) is 19.8 Å². The Morgan fingerprint density at radius 1 is 1.45 bits per heavy atom. The highest BCUT2D eigenvalue weighted by molar-refractivity contribution is 7.17. The van der Waals surface area contributed by atoms with Crippen molar-refractivity contribution in [3.63, 3.8) is 0 Å². The second kappa shape index (κ2) is 5.05. The number of nitrogen functional groups attached to an aromatic ring is 1. The summed E-state index contributed by atoms with van der Waals surface area (Å²) < 4.78 is 1.06. The van der Waals surface area contributed by atoms with E-state index in [1.807, 2.05) is 24.4 Å². The number of pyridine rings is 1. The predicted octanol–water partition coefficient (Wildman–Crippen LogP) is 2.58. The number of aromatic amines is 1. The van der Waals surface area contributed by atoms with Crippen LogP contribution in [0, 0.1) is 0 Å². The zero-order chi connectivity index (χ0) is 14.1. The molecule has 3 heterocycles. The van der Waals surface area contributed by atoms with Crippen molar-refractivity contribution < 1.29 is 0 Å². The molecule has 0 atom stereocenters. The fraction of sp³-hybridized carbons (Fsp3) is 0.214. The molecule has 0 fully saturated rings. The van der Waals surface area contributed by atoms with Gasteiger partial charge in [-0.05, 0) is 23.9 Å².